The Bertz CT molecular complexity index is 1440. The van der Waals surface area contributed by atoms with Crippen molar-refractivity contribution >= 4 is 34.4 Å². The largest absolute Gasteiger partial charge is 0.506 e. The van der Waals surface area contributed by atoms with Gasteiger partial charge in [-0.3, -0.25) is 14.5 Å². The number of hydrogen-bond donors (Lipinski definition) is 2. The predicted molar refractivity (Wildman–Crippen MR) is 127 cm³/mol. The van der Waals surface area contributed by atoms with Crippen molar-refractivity contribution in [3.63, 3.8) is 0 Å². The van der Waals surface area contributed by atoms with Gasteiger partial charge in [-0.2, -0.15) is 0 Å². The molecule has 1 aliphatic heterocycles. The summed E-state index contributed by atoms with van der Waals surface area (Å²) < 4.78 is 24.5. The number of halogens is 1. The standard InChI is InChI=1S/C26H20FN3O5/c1-34-18-8-5-9-19(35-2)20(18)23(31)21-22(14-10-12-15(27)13-11-14)30(25(33)24(21)32)26-28-16-6-3-4-7-17(16)29-26/h3-13,22,31H,1-2H3,(H,28,29)/b23-21+. The summed E-state index contributed by atoms with van der Waals surface area (Å²) in [5.41, 5.74) is 1.57. The van der Waals surface area contributed by atoms with Gasteiger partial charge < -0.3 is 19.6 Å². The second kappa shape index (κ2) is 8.60. The lowest BCUT2D eigenvalue weighted by atomic mass is 9.94. The molecule has 4 aromatic rings. The van der Waals surface area contributed by atoms with Crippen LogP contribution in [0.2, 0.25) is 0 Å². The van der Waals surface area contributed by atoms with E-state index in [1.807, 2.05) is 6.07 Å². The van der Waals surface area contributed by atoms with Crippen molar-refractivity contribution in [1.29, 1.82) is 0 Å². The van der Waals surface area contributed by atoms with Gasteiger partial charge >= 0.3 is 5.91 Å². The summed E-state index contributed by atoms with van der Waals surface area (Å²) in [6.07, 6.45) is 0. The van der Waals surface area contributed by atoms with E-state index in [9.17, 15) is 19.1 Å². The highest BCUT2D eigenvalue weighted by molar-refractivity contribution is 6.51. The van der Waals surface area contributed by atoms with Crippen LogP contribution in [0.25, 0.3) is 16.8 Å². The van der Waals surface area contributed by atoms with Crippen LogP contribution in [0.15, 0.2) is 72.3 Å². The van der Waals surface area contributed by atoms with Crippen LogP contribution in [-0.2, 0) is 9.59 Å². The number of rotatable bonds is 5. The number of hydrogen-bond acceptors (Lipinski definition) is 6. The van der Waals surface area contributed by atoms with Crippen molar-refractivity contribution in [3.05, 3.63) is 89.2 Å². The molecule has 0 aliphatic carbocycles. The molecule has 2 heterocycles. The Balaban J connectivity index is 1.78. The third-order valence-electron chi connectivity index (χ3n) is 5.90. The molecule has 35 heavy (non-hydrogen) atoms. The van der Waals surface area contributed by atoms with Crippen molar-refractivity contribution in [2.24, 2.45) is 0 Å². The third kappa shape index (κ3) is 3.57. The molecular weight excluding hydrogens is 453 g/mol. The molecule has 1 saturated heterocycles. The van der Waals surface area contributed by atoms with Crippen LogP contribution in [0, 0.1) is 5.82 Å². The summed E-state index contributed by atoms with van der Waals surface area (Å²) in [6.45, 7) is 0. The maximum atomic E-state index is 13.7. The van der Waals surface area contributed by atoms with Crippen LogP contribution >= 0.6 is 0 Å². The van der Waals surface area contributed by atoms with Crippen LogP contribution in [-0.4, -0.2) is 41.0 Å². The molecular formula is C26H20FN3O5. The zero-order valence-corrected chi connectivity index (χ0v) is 18.8. The number of carbonyl (C=O) groups is 2. The lowest BCUT2D eigenvalue weighted by Gasteiger charge is -2.23. The molecule has 2 N–H and O–H groups in total. The minimum Gasteiger partial charge on any atom is -0.506 e. The maximum Gasteiger partial charge on any atom is 0.302 e. The number of carbonyl (C=O) groups excluding carboxylic acids is 2. The zero-order valence-electron chi connectivity index (χ0n) is 18.8. The highest BCUT2D eigenvalue weighted by Crippen LogP contribution is 2.44. The summed E-state index contributed by atoms with van der Waals surface area (Å²) >= 11 is 0. The van der Waals surface area contributed by atoms with E-state index in [1.165, 1.54) is 43.4 Å². The molecule has 5 rings (SSSR count). The van der Waals surface area contributed by atoms with Gasteiger partial charge in [0.05, 0.1) is 36.9 Å². The van der Waals surface area contributed by atoms with Crippen molar-refractivity contribution in [1.82, 2.24) is 9.97 Å². The first kappa shape index (κ1) is 22.1. The Hall–Kier alpha value is -4.66. The maximum absolute atomic E-state index is 13.7. The first-order chi connectivity index (χ1) is 16.9. The average Bonchev–Trinajstić information content (AvgIpc) is 3.42. The number of aliphatic hydroxyl groups excluding tert-OH is 1. The minimum absolute atomic E-state index is 0.118. The fraction of sp³-hybridized carbons (Fsp3) is 0.115. The fourth-order valence-corrected chi connectivity index (χ4v) is 4.28. The highest BCUT2D eigenvalue weighted by atomic mass is 19.1. The van der Waals surface area contributed by atoms with Crippen LogP contribution in [0.3, 0.4) is 0 Å². The first-order valence-electron chi connectivity index (χ1n) is 10.7. The summed E-state index contributed by atoms with van der Waals surface area (Å²) in [5, 5.41) is 11.4. The monoisotopic (exact) mass is 473 g/mol. The molecule has 8 nitrogen and oxygen atoms in total. The number of aromatic nitrogens is 2. The number of benzene rings is 3. The molecule has 3 aromatic carbocycles. The number of anilines is 1. The van der Waals surface area contributed by atoms with Crippen LogP contribution in [0.5, 0.6) is 11.5 Å². The second-order valence-corrected chi connectivity index (χ2v) is 7.84. The van der Waals surface area contributed by atoms with E-state index in [4.69, 9.17) is 9.47 Å². The number of aliphatic hydroxyl groups is 1. The van der Waals surface area contributed by atoms with E-state index in [0.29, 0.717) is 16.6 Å². The average molecular weight is 473 g/mol. The van der Waals surface area contributed by atoms with Gasteiger partial charge in [-0.1, -0.05) is 30.3 Å². The predicted octanol–water partition coefficient (Wildman–Crippen LogP) is 4.35. The number of aromatic amines is 1. The van der Waals surface area contributed by atoms with E-state index in [-0.39, 0.29) is 28.6 Å². The number of ether oxygens (including phenoxy) is 2. The topological polar surface area (TPSA) is 105 Å². The highest BCUT2D eigenvalue weighted by Gasteiger charge is 2.48. The Labute approximate surface area is 199 Å². The summed E-state index contributed by atoms with van der Waals surface area (Å²) in [5.74, 6) is -2.18. The minimum atomic E-state index is -1.09. The van der Waals surface area contributed by atoms with Crippen molar-refractivity contribution in [3.8, 4) is 11.5 Å². The SMILES string of the molecule is COc1cccc(OC)c1/C(O)=C1\C(=O)C(=O)N(c2nc3ccccc3[nH]2)C1c1ccc(F)cc1. The van der Waals surface area contributed by atoms with Crippen LogP contribution < -0.4 is 14.4 Å². The summed E-state index contributed by atoms with van der Waals surface area (Å²) in [6, 6.07) is 16.3. The van der Waals surface area contributed by atoms with Crippen LogP contribution in [0.4, 0.5) is 10.3 Å². The fourth-order valence-electron chi connectivity index (χ4n) is 4.28. The lowest BCUT2D eigenvalue weighted by molar-refractivity contribution is -0.132. The molecule has 1 aliphatic rings. The van der Waals surface area contributed by atoms with Crippen molar-refractivity contribution < 1.29 is 28.6 Å². The van der Waals surface area contributed by atoms with Gasteiger partial charge in [-0.15, -0.1) is 0 Å². The Morgan fingerprint density at radius 1 is 0.971 bits per heavy atom. The molecule has 0 radical (unpaired) electrons. The number of ketones is 1. The van der Waals surface area contributed by atoms with E-state index in [2.05, 4.69) is 9.97 Å². The number of fused-ring (bicyclic) bond motifs is 1. The van der Waals surface area contributed by atoms with Crippen molar-refractivity contribution in [2.75, 3.05) is 19.1 Å². The van der Waals surface area contributed by atoms with Gasteiger partial charge in [0.15, 0.2) is 0 Å². The molecule has 1 aromatic heterocycles. The number of amides is 1. The van der Waals surface area contributed by atoms with Gasteiger partial charge in [-0.05, 0) is 42.0 Å². The molecule has 1 atom stereocenters. The molecule has 1 fully saturated rings. The number of Topliss-reactive ketones (excluding diaryl/α,β-unsaturated/α-hetero) is 1. The normalized spacial score (nSPS) is 17.2. The molecule has 9 heteroatoms. The molecule has 176 valence electrons. The quantitative estimate of drug-likeness (QED) is 0.254. The molecule has 1 unspecified atom stereocenters. The molecule has 0 bridgehead atoms. The van der Waals surface area contributed by atoms with E-state index in [1.54, 1.807) is 36.4 Å². The number of H-pyrrole nitrogens is 1. The number of para-hydroxylation sites is 2. The molecule has 0 saturated carbocycles. The van der Waals surface area contributed by atoms with Gasteiger partial charge in [0.2, 0.25) is 5.95 Å². The Morgan fingerprint density at radius 2 is 1.63 bits per heavy atom. The Kier molecular flexibility index (Phi) is 5.44. The summed E-state index contributed by atoms with van der Waals surface area (Å²) in [4.78, 5) is 35.4. The molecule has 1 amide bonds. The lowest BCUT2D eigenvalue weighted by Crippen LogP contribution is -2.30. The van der Waals surface area contributed by atoms with Gasteiger partial charge in [0, 0.05) is 0 Å². The van der Waals surface area contributed by atoms with Crippen molar-refractivity contribution in [2.45, 2.75) is 6.04 Å². The number of nitrogens with one attached hydrogen (secondary N) is 1. The number of nitrogens with zero attached hydrogens (tertiary/aromatic N) is 2. The van der Waals surface area contributed by atoms with E-state index < -0.39 is 29.3 Å². The zero-order chi connectivity index (χ0) is 24.7. The first-order valence-corrected chi connectivity index (χ1v) is 10.7. The number of methoxy groups -OCH3 is 2. The summed E-state index contributed by atoms with van der Waals surface area (Å²) in [7, 11) is 2.83. The van der Waals surface area contributed by atoms with Gasteiger partial charge in [0.1, 0.15) is 28.6 Å². The Morgan fingerprint density at radius 3 is 2.26 bits per heavy atom. The second-order valence-electron chi connectivity index (χ2n) is 7.84. The van der Waals surface area contributed by atoms with Gasteiger partial charge in [0.25, 0.3) is 5.78 Å². The number of imidazole rings is 1. The van der Waals surface area contributed by atoms with Crippen LogP contribution in [0.1, 0.15) is 17.2 Å². The smallest absolute Gasteiger partial charge is 0.302 e. The van der Waals surface area contributed by atoms with E-state index in [0.717, 1.165) is 0 Å². The van der Waals surface area contributed by atoms with E-state index >= 15 is 0 Å². The van der Waals surface area contributed by atoms with Gasteiger partial charge in [-0.25, -0.2) is 9.37 Å². The third-order valence-corrected chi connectivity index (χ3v) is 5.90. The molecule has 0 spiro atoms.